The number of fused-ring (bicyclic) bond motifs is 1. The van der Waals surface area contributed by atoms with Crippen molar-refractivity contribution in [2.45, 2.75) is 64.1 Å². The van der Waals surface area contributed by atoms with Crippen LogP contribution in [0.3, 0.4) is 0 Å². The first kappa shape index (κ1) is 37.0. The summed E-state index contributed by atoms with van der Waals surface area (Å²) in [7, 11) is 3.14. The number of Topliss-reactive ketones (excluding diaryl/α,β-unsaturated/α-hetero) is 1. The minimum Gasteiger partial charge on any atom is -0.481 e. The van der Waals surface area contributed by atoms with Crippen molar-refractivity contribution in [2.75, 3.05) is 33.9 Å². The summed E-state index contributed by atoms with van der Waals surface area (Å²) in [5.41, 5.74) is 6.88. The quantitative estimate of drug-likeness (QED) is 0.140. The lowest BCUT2D eigenvalue weighted by molar-refractivity contribution is -0.141. The first-order valence-corrected chi connectivity index (χ1v) is 18.8. The van der Waals surface area contributed by atoms with Crippen LogP contribution in [0.4, 0.5) is 0 Å². The second-order valence-corrected chi connectivity index (χ2v) is 14.9. The SMILES string of the molecule is COc1nc(O[C@H]2CCc3c(-c4cccc(-c5cnc([C@@H](C)NC[C@H]6CCC(=O)C6)c(OC)n5)c4Cl)cccc32)c(Cl)cc1CN1CC[C@@H](C(=O)O)C1. The number of hydrogen-bond acceptors (Lipinski definition) is 10. The molecular weight excluding hydrogens is 717 g/mol. The van der Waals surface area contributed by atoms with Crippen molar-refractivity contribution < 1.29 is 28.9 Å². The number of carbonyl (C=O) groups is 2. The molecule has 7 rings (SSSR count). The van der Waals surface area contributed by atoms with Crippen LogP contribution in [0.5, 0.6) is 17.6 Å². The number of halogens is 2. The number of hydrogen-bond donors (Lipinski definition) is 2. The molecule has 0 bridgehead atoms. The number of benzene rings is 2. The van der Waals surface area contributed by atoms with Gasteiger partial charge in [-0.15, -0.1) is 0 Å². The molecule has 11 nitrogen and oxygen atoms in total. The molecule has 1 aliphatic heterocycles. The minimum absolute atomic E-state index is 0.112. The summed E-state index contributed by atoms with van der Waals surface area (Å²) < 4.78 is 17.8. The lowest BCUT2D eigenvalue weighted by Gasteiger charge is -2.20. The number of carbonyl (C=O) groups excluding carboxylic acids is 1. The molecule has 0 spiro atoms. The zero-order valence-electron chi connectivity index (χ0n) is 30.0. The van der Waals surface area contributed by atoms with E-state index in [9.17, 15) is 14.7 Å². The smallest absolute Gasteiger partial charge is 0.307 e. The first-order chi connectivity index (χ1) is 25.6. The van der Waals surface area contributed by atoms with Gasteiger partial charge in [0.05, 0.1) is 43.1 Å². The molecule has 53 heavy (non-hydrogen) atoms. The summed E-state index contributed by atoms with van der Waals surface area (Å²) in [4.78, 5) is 39.5. The summed E-state index contributed by atoms with van der Waals surface area (Å²) in [5, 5.41) is 13.8. The average molecular weight is 761 g/mol. The van der Waals surface area contributed by atoms with Crippen molar-refractivity contribution >= 4 is 35.0 Å². The Labute approximate surface area is 319 Å². The number of ether oxygens (including phenoxy) is 3. The molecule has 0 amide bonds. The van der Waals surface area contributed by atoms with E-state index < -0.39 is 5.97 Å². The van der Waals surface area contributed by atoms with Crippen molar-refractivity contribution in [3.8, 4) is 40.0 Å². The van der Waals surface area contributed by atoms with E-state index in [2.05, 4.69) is 27.3 Å². The van der Waals surface area contributed by atoms with Gasteiger partial charge in [-0.25, -0.2) is 4.98 Å². The van der Waals surface area contributed by atoms with Gasteiger partial charge in [0, 0.05) is 42.6 Å². The number of nitrogens with one attached hydrogen (secondary N) is 1. The van der Waals surface area contributed by atoms with Crippen LogP contribution in [-0.2, 0) is 22.6 Å². The second-order valence-electron chi connectivity index (χ2n) is 14.1. The molecule has 4 aromatic rings. The van der Waals surface area contributed by atoms with Gasteiger partial charge in [0.1, 0.15) is 22.6 Å². The van der Waals surface area contributed by atoms with Crippen molar-refractivity contribution in [1.82, 2.24) is 25.2 Å². The molecule has 2 aliphatic carbocycles. The molecule has 278 valence electrons. The average Bonchev–Trinajstić information content (AvgIpc) is 3.92. The highest BCUT2D eigenvalue weighted by atomic mass is 35.5. The third-order valence-electron chi connectivity index (χ3n) is 10.7. The molecule has 0 unspecified atom stereocenters. The van der Waals surface area contributed by atoms with Crippen LogP contribution >= 0.6 is 23.2 Å². The van der Waals surface area contributed by atoms with Gasteiger partial charge in [-0.05, 0) is 74.4 Å². The molecule has 3 heterocycles. The number of methoxy groups -OCH3 is 2. The summed E-state index contributed by atoms with van der Waals surface area (Å²) in [6, 6.07) is 13.7. The van der Waals surface area contributed by atoms with Gasteiger partial charge < -0.3 is 24.6 Å². The standard InChI is InChI=1S/C40H43Cl2N5O6/c1-22(43-18-23-10-11-26(48)16-23)36-39(52-3)45-33(19-44-36)31-9-5-8-30(35(31)42)27-6-4-7-29-28(27)12-13-34(29)53-38-32(41)17-25(37(46-38)51-2)21-47-15-14-24(20-47)40(49)50/h4-9,17,19,22-24,34,43H,10-16,18,20-21H2,1-3H3,(H,49,50)/t22-,23+,24-,34+/m1/s1. The molecule has 0 radical (unpaired) electrons. The summed E-state index contributed by atoms with van der Waals surface area (Å²) >= 11 is 13.9. The largest absolute Gasteiger partial charge is 0.481 e. The van der Waals surface area contributed by atoms with Gasteiger partial charge in [-0.3, -0.25) is 19.5 Å². The Kier molecular flexibility index (Phi) is 11.2. The number of pyridine rings is 1. The van der Waals surface area contributed by atoms with Crippen LogP contribution in [0.15, 0.2) is 48.7 Å². The van der Waals surface area contributed by atoms with Gasteiger partial charge >= 0.3 is 5.97 Å². The van der Waals surface area contributed by atoms with Gasteiger partial charge in [-0.2, -0.15) is 4.98 Å². The minimum atomic E-state index is -0.774. The fourth-order valence-corrected chi connectivity index (χ4v) is 8.36. The van der Waals surface area contributed by atoms with Crippen LogP contribution in [0.25, 0.3) is 22.4 Å². The number of likely N-dealkylation sites (tertiary alicyclic amines) is 1. The maximum absolute atomic E-state index is 11.7. The lowest BCUT2D eigenvalue weighted by Crippen LogP contribution is -2.26. The number of aliphatic carboxylic acids is 1. The van der Waals surface area contributed by atoms with Crippen molar-refractivity contribution in [1.29, 1.82) is 0 Å². The fourth-order valence-electron chi connectivity index (χ4n) is 7.81. The number of ketones is 1. The predicted octanol–water partition coefficient (Wildman–Crippen LogP) is 7.52. The Bertz CT molecular complexity index is 2030. The van der Waals surface area contributed by atoms with Gasteiger partial charge in [0.15, 0.2) is 0 Å². The number of rotatable bonds is 13. The highest BCUT2D eigenvalue weighted by Gasteiger charge is 2.31. The van der Waals surface area contributed by atoms with E-state index in [0.29, 0.717) is 83.8 Å². The van der Waals surface area contributed by atoms with E-state index in [1.807, 2.05) is 31.2 Å². The summed E-state index contributed by atoms with van der Waals surface area (Å²) in [6.07, 6.45) is 5.76. The van der Waals surface area contributed by atoms with E-state index in [4.69, 9.17) is 47.4 Å². The monoisotopic (exact) mass is 759 g/mol. The van der Waals surface area contributed by atoms with E-state index in [1.165, 1.54) is 0 Å². The topological polar surface area (TPSA) is 136 Å². The van der Waals surface area contributed by atoms with Crippen LogP contribution in [0.2, 0.25) is 10.0 Å². The van der Waals surface area contributed by atoms with Crippen LogP contribution in [-0.4, -0.2) is 70.6 Å². The Morgan fingerprint density at radius 2 is 1.77 bits per heavy atom. The first-order valence-electron chi connectivity index (χ1n) is 18.1. The van der Waals surface area contributed by atoms with E-state index >= 15 is 0 Å². The number of carboxylic acids is 1. The normalized spacial score (nSPS) is 20.4. The fraction of sp³-hybridized carbons (Fsp3) is 0.425. The van der Waals surface area contributed by atoms with Crippen molar-refractivity contribution in [2.24, 2.45) is 11.8 Å². The van der Waals surface area contributed by atoms with Gasteiger partial charge in [-0.1, -0.05) is 59.6 Å². The van der Waals surface area contributed by atoms with E-state index in [-0.39, 0.29) is 23.9 Å². The summed E-state index contributed by atoms with van der Waals surface area (Å²) in [5.74, 6) is 0.638. The Morgan fingerprint density at radius 1 is 1.00 bits per heavy atom. The highest BCUT2D eigenvalue weighted by Crippen LogP contribution is 2.45. The molecule has 2 N–H and O–H groups in total. The Hall–Kier alpha value is -4.29. The third kappa shape index (κ3) is 7.85. The predicted molar refractivity (Wildman–Crippen MR) is 202 cm³/mol. The molecule has 1 saturated heterocycles. The third-order valence-corrected chi connectivity index (χ3v) is 11.3. The maximum Gasteiger partial charge on any atom is 0.307 e. The summed E-state index contributed by atoms with van der Waals surface area (Å²) in [6.45, 7) is 4.40. The van der Waals surface area contributed by atoms with Crippen molar-refractivity contribution in [3.05, 3.63) is 81.1 Å². The zero-order chi connectivity index (χ0) is 37.2. The molecule has 4 atom stereocenters. The Balaban J connectivity index is 1.09. The molecule has 2 aromatic heterocycles. The number of aromatic nitrogens is 3. The van der Waals surface area contributed by atoms with Gasteiger partial charge in [0.2, 0.25) is 17.6 Å². The molecular formula is C40H43Cl2N5O6. The van der Waals surface area contributed by atoms with E-state index in [1.54, 1.807) is 26.5 Å². The van der Waals surface area contributed by atoms with E-state index in [0.717, 1.165) is 59.2 Å². The Morgan fingerprint density at radius 3 is 2.51 bits per heavy atom. The molecule has 13 heteroatoms. The molecule has 1 saturated carbocycles. The van der Waals surface area contributed by atoms with Crippen molar-refractivity contribution in [3.63, 3.8) is 0 Å². The van der Waals surface area contributed by atoms with Crippen LogP contribution in [0, 0.1) is 11.8 Å². The van der Waals surface area contributed by atoms with Crippen LogP contribution in [0.1, 0.15) is 73.6 Å². The van der Waals surface area contributed by atoms with Crippen LogP contribution < -0.4 is 19.5 Å². The maximum atomic E-state index is 11.7. The number of nitrogens with zero attached hydrogens (tertiary/aromatic N) is 4. The number of carboxylic acid groups (broad SMARTS) is 1. The molecule has 3 aliphatic rings. The zero-order valence-corrected chi connectivity index (χ0v) is 31.5. The highest BCUT2D eigenvalue weighted by molar-refractivity contribution is 6.36. The van der Waals surface area contributed by atoms with Gasteiger partial charge in [0.25, 0.3) is 0 Å². The second kappa shape index (κ2) is 16.0. The lowest BCUT2D eigenvalue weighted by atomic mass is 9.95. The molecule has 2 fully saturated rings. The molecule has 2 aromatic carbocycles.